The highest BCUT2D eigenvalue weighted by Gasteiger charge is 2.23. The van der Waals surface area contributed by atoms with Crippen molar-refractivity contribution in [3.63, 3.8) is 0 Å². The number of hydrogen-bond acceptors (Lipinski definition) is 3. The minimum Gasteiger partial charge on any atom is -0.494 e. The van der Waals surface area contributed by atoms with Crippen LogP contribution in [0.1, 0.15) is 18.2 Å². The summed E-state index contributed by atoms with van der Waals surface area (Å²) in [6.07, 6.45) is 0.797. The summed E-state index contributed by atoms with van der Waals surface area (Å²) in [5.74, 6) is 0.478. The van der Waals surface area contributed by atoms with E-state index in [1.165, 1.54) is 10.9 Å². The molecule has 1 aromatic heterocycles. The standard InChI is InChI=1S/C22H24N4O3/c1-2-29-16-9-7-15(8-10-16)24-21(27)13-23-22(28)26-12-11-18-17-5-3-4-6-19(17)25-20(18)14-26/h3-10,25H,2,11-14H2,1H3,(H,23,28)(H,24,27). The fourth-order valence-corrected chi connectivity index (χ4v) is 3.64. The van der Waals surface area contributed by atoms with Gasteiger partial charge in [0.1, 0.15) is 5.75 Å². The van der Waals surface area contributed by atoms with Crippen LogP contribution in [0.3, 0.4) is 0 Å². The summed E-state index contributed by atoms with van der Waals surface area (Å²) in [4.78, 5) is 29.8. The highest BCUT2D eigenvalue weighted by Crippen LogP contribution is 2.27. The highest BCUT2D eigenvalue weighted by molar-refractivity contribution is 5.94. The zero-order chi connectivity index (χ0) is 20.2. The molecule has 0 aliphatic carbocycles. The number of benzene rings is 2. The lowest BCUT2D eigenvalue weighted by atomic mass is 10.0. The van der Waals surface area contributed by atoms with E-state index in [0.29, 0.717) is 25.4 Å². The normalized spacial score (nSPS) is 13.1. The molecule has 0 unspecified atom stereocenters. The van der Waals surface area contributed by atoms with Crippen LogP contribution in [0.4, 0.5) is 10.5 Å². The van der Waals surface area contributed by atoms with Gasteiger partial charge in [-0.1, -0.05) is 18.2 Å². The summed E-state index contributed by atoms with van der Waals surface area (Å²) in [6, 6.07) is 15.1. The zero-order valence-corrected chi connectivity index (χ0v) is 16.3. The number of nitrogens with one attached hydrogen (secondary N) is 3. The second kappa shape index (κ2) is 8.26. The van der Waals surface area contributed by atoms with Crippen molar-refractivity contribution >= 4 is 28.5 Å². The molecule has 0 saturated carbocycles. The third-order valence-corrected chi connectivity index (χ3v) is 5.02. The van der Waals surface area contributed by atoms with Gasteiger partial charge in [0.25, 0.3) is 0 Å². The lowest BCUT2D eigenvalue weighted by Gasteiger charge is -2.27. The van der Waals surface area contributed by atoms with Crippen LogP contribution in [0, 0.1) is 0 Å². The first-order valence-electron chi connectivity index (χ1n) is 9.78. The number of hydrogen-bond donors (Lipinski definition) is 3. The van der Waals surface area contributed by atoms with Crippen LogP contribution in [0.5, 0.6) is 5.75 Å². The van der Waals surface area contributed by atoms with Gasteiger partial charge < -0.3 is 25.3 Å². The molecule has 7 heteroatoms. The Morgan fingerprint density at radius 2 is 1.93 bits per heavy atom. The summed E-state index contributed by atoms with van der Waals surface area (Å²) < 4.78 is 5.38. The molecule has 29 heavy (non-hydrogen) atoms. The third-order valence-electron chi connectivity index (χ3n) is 5.02. The summed E-state index contributed by atoms with van der Waals surface area (Å²) in [5.41, 5.74) is 4.09. The van der Waals surface area contributed by atoms with Crippen LogP contribution >= 0.6 is 0 Å². The van der Waals surface area contributed by atoms with Gasteiger partial charge in [0, 0.05) is 28.8 Å². The van der Waals surface area contributed by atoms with Crippen LogP contribution < -0.4 is 15.4 Å². The van der Waals surface area contributed by atoms with Gasteiger partial charge >= 0.3 is 6.03 Å². The summed E-state index contributed by atoms with van der Waals surface area (Å²) in [7, 11) is 0. The maximum Gasteiger partial charge on any atom is 0.318 e. The Morgan fingerprint density at radius 1 is 1.14 bits per heavy atom. The number of nitrogens with zero attached hydrogens (tertiary/aromatic N) is 1. The molecular weight excluding hydrogens is 368 g/mol. The molecular formula is C22H24N4O3. The number of H-pyrrole nitrogens is 1. The Morgan fingerprint density at radius 3 is 2.72 bits per heavy atom. The van der Waals surface area contributed by atoms with Gasteiger partial charge in [0.2, 0.25) is 5.91 Å². The van der Waals surface area contributed by atoms with Crippen molar-refractivity contribution in [1.29, 1.82) is 0 Å². The number of para-hydroxylation sites is 1. The molecule has 7 nitrogen and oxygen atoms in total. The molecule has 1 aliphatic heterocycles. The molecule has 3 N–H and O–H groups in total. The zero-order valence-electron chi connectivity index (χ0n) is 16.3. The quantitative estimate of drug-likeness (QED) is 0.623. The van der Waals surface area contributed by atoms with Gasteiger partial charge in [-0.05, 0) is 49.2 Å². The molecule has 3 amide bonds. The summed E-state index contributed by atoms with van der Waals surface area (Å²) >= 11 is 0. The number of ether oxygens (including phenoxy) is 1. The Bertz CT molecular complexity index is 1030. The third kappa shape index (κ3) is 4.18. The molecule has 0 radical (unpaired) electrons. The van der Waals surface area contributed by atoms with Gasteiger partial charge in [-0.15, -0.1) is 0 Å². The van der Waals surface area contributed by atoms with E-state index in [0.717, 1.165) is 23.4 Å². The van der Waals surface area contributed by atoms with Crippen LogP contribution in [0.15, 0.2) is 48.5 Å². The number of carbonyl (C=O) groups excluding carboxylic acids is 2. The Hall–Kier alpha value is -3.48. The maximum absolute atomic E-state index is 12.5. The Labute approximate surface area is 169 Å². The van der Waals surface area contributed by atoms with Crippen molar-refractivity contribution < 1.29 is 14.3 Å². The molecule has 3 aromatic rings. The van der Waals surface area contributed by atoms with E-state index in [1.54, 1.807) is 29.2 Å². The van der Waals surface area contributed by atoms with E-state index < -0.39 is 0 Å². The number of aromatic nitrogens is 1. The molecule has 4 rings (SSSR count). The van der Waals surface area contributed by atoms with Crippen LogP contribution in [0.25, 0.3) is 10.9 Å². The van der Waals surface area contributed by atoms with E-state index in [-0.39, 0.29) is 18.5 Å². The van der Waals surface area contributed by atoms with E-state index in [2.05, 4.69) is 21.7 Å². The number of amides is 3. The smallest absolute Gasteiger partial charge is 0.318 e. The average molecular weight is 392 g/mol. The van der Waals surface area contributed by atoms with Gasteiger partial charge in [-0.3, -0.25) is 4.79 Å². The van der Waals surface area contributed by atoms with Gasteiger partial charge in [-0.2, -0.15) is 0 Å². The summed E-state index contributed by atoms with van der Waals surface area (Å²) in [5, 5.41) is 6.69. The molecule has 0 bridgehead atoms. The largest absolute Gasteiger partial charge is 0.494 e. The minimum atomic E-state index is -0.272. The minimum absolute atomic E-state index is 0.0812. The van der Waals surface area contributed by atoms with Crippen molar-refractivity contribution in [1.82, 2.24) is 15.2 Å². The average Bonchev–Trinajstić information content (AvgIpc) is 3.11. The molecule has 0 saturated heterocycles. The van der Waals surface area contributed by atoms with Crippen LogP contribution in [-0.2, 0) is 17.8 Å². The van der Waals surface area contributed by atoms with E-state index in [1.807, 2.05) is 25.1 Å². The Balaban J connectivity index is 1.30. The topological polar surface area (TPSA) is 86.5 Å². The summed E-state index contributed by atoms with van der Waals surface area (Å²) in [6.45, 7) is 3.56. The first-order valence-corrected chi connectivity index (χ1v) is 9.78. The second-order valence-electron chi connectivity index (χ2n) is 6.96. The molecule has 0 fully saturated rings. The SMILES string of the molecule is CCOc1ccc(NC(=O)CNC(=O)N2CCc3c([nH]c4ccccc34)C2)cc1. The van der Waals surface area contributed by atoms with E-state index in [9.17, 15) is 9.59 Å². The number of fused-ring (bicyclic) bond motifs is 3. The first-order chi connectivity index (χ1) is 14.1. The fraction of sp³-hybridized carbons (Fsp3) is 0.273. The van der Waals surface area contributed by atoms with E-state index in [4.69, 9.17) is 4.74 Å². The van der Waals surface area contributed by atoms with Crippen LogP contribution in [-0.4, -0.2) is 41.5 Å². The monoisotopic (exact) mass is 392 g/mol. The number of carbonyl (C=O) groups is 2. The number of rotatable bonds is 5. The maximum atomic E-state index is 12.5. The van der Waals surface area contributed by atoms with Gasteiger partial charge in [0.05, 0.1) is 19.7 Å². The lowest BCUT2D eigenvalue weighted by molar-refractivity contribution is -0.115. The van der Waals surface area contributed by atoms with Crippen molar-refractivity contribution in [2.75, 3.05) is 25.0 Å². The number of urea groups is 1. The fourth-order valence-electron chi connectivity index (χ4n) is 3.64. The predicted molar refractivity (Wildman–Crippen MR) is 112 cm³/mol. The number of anilines is 1. The van der Waals surface area contributed by atoms with Gasteiger partial charge in [-0.25, -0.2) is 4.79 Å². The first kappa shape index (κ1) is 18.9. The predicted octanol–water partition coefficient (Wildman–Crippen LogP) is 3.27. The molecule has 2 aromatic carbocycles. The lowest BCUT2D eigenvalue weighted by Crippen LogP contribution is -2.45. The molecule has 150 valence electrons. The molecule has 0 spiro atoms. The van der Waals surface area contributed by atoms with Crippen molar-refractivity contribution in [2.45, 2.75) is 19.9 Å². The van der Waals surface area contributed by atoms with Crippen LogP contribution in [0.2, 0.25) is 0 Å². The molecule has 0 atom stereocenters. The van der Waals surface area contributed by atoms with Crippen molar-refractivity contribution in [2.24, 2.45) is 0 Å². The number of aromatic amines is 1. The molecule has 1 aliphatic rings. The second-order valence-corrected chi connectivity index (χ2v) is 6.96. The van der Waals surface area contributed by atoms with E-state index >= 15 is 0 Å². The van der Waals surface area contributed by atoms with Crippen molar-refractivity contribution in [3.8, 4) is 5.75 Å². The molecule has 2 heterocycles. The van der Waals surface area contributed by atoms with Gasteiger partial charge in [0.15, 0.2) is 0 Å². The highest BCUT2D eigenvalue weighted by atomic mass is 16.5. The van der Waals surface area contributed by atoms with Crippen molar-refractivity contribution in [3.05, 3.63) is 59.8 Å². The Kier molecular flexibility index (Phi) is 5.37.